The van der Waals surface area contributed by atoms with Crippen LogP contribution in [0.4, 0.5) is 10.1 Å². The molecule has 2 aliphatic rings. The van der Waals surface area contributed by atoms with Crippen LogP contribution in [0.1, 0.15) is 24.8 Å². The predicted molar refractivity (Wildman–Crippen MR) is 108 cm³/mol. The van der Waals surface area contributed by atoms with E-state index in [0.717, 1.165) is 18.4 Å². The highest BCUT2D eigenvalue weighted by Crippen LogP contribution is 2.32. The molecule has 2 aromatic rings. The predicted octanol–water partition coefficient (Wildman–Crippen LogP) is 3.18. The molecular formula is C23H25FN2O3. The highest BCUT2D eigenvalue weighted by molar-refractivity contribution is 5.95. The Morgan fingerprint density at radius 1 is 1.10 bits per heavy atom. The fraction of sp³-hybridized carbons (Fsp3) is 0.391. The molecule has 29 heavy (non-hydrogen) atoms. The van der Waals surface area contributed by atoms with E-state index in [1.165, 1.54) is 12.1 Å². The zero-order valence-corrected chi connectivity index (χ0v) is 16.4. The lowest BCUT2D eigenvalue weighted by atomic mass is 9.90. The van der Waals surface area contributed by atoms with E-state index < -0.39 is 5.60 Å². The average molecular weight is 396 g/mol. The third-order valence-electron chi connectivity index (χ3n) is 5.73. The van der Waals surface area contributed by atoms with Crippen LogP contribution < -0.4 is 4.90 Å². The zero-order chi connectivity index (χ0) is 20.3. The first-order valence-electron chi connectivity index (χ1n) is 10.1. The Morgan fingerprint density at radius 2 is 1.93 bits per heavy atom. The Labute approximate surface area is 170 Å². The molecule has 2 heterocycles. The number of piperidine rings is 1. The Kier molecular flexibility index (Phi) is 5.62. The minimum Gasteiger partial charge on any atom is -0.361 e. The van der Waals surface area contributed by atoms with Crippen molar-refractivity contribution in [2.24, 2.45) is 0 Å². The maximum atomic E-state index is 13.7. The SMILES string of the molecule is O=C(CCc1ccccc1)N1CCCC2(C1)CN(c1cccc(F)c1)C(=O)CO2. The highest BCUT2D eigenvalue weighted by atomic mass is 19.1. The number of ether oxygens (including phenoxy) is 1. The van der Waals surface area contributed by atoms with Gasteiger partial charge in [-0.3, -0.25) is 9.59 Å². The molecule has 0 radical (unpaired) electrons. The number of anilines is 1. The van der Waals surface area contributed by atoms with Gasteiger partial charge in [-0.1, -0.05) is 36.4 Å². The summed E-state index contributed by atoms with van der Waals surface area (Å²) in [5.74, 6) is -0.461. The number of carbonyl (C=O) groups excluding carboxylic acids is 2. The molecule has 0 aliphatic carbocycles. The van der Waals surface area contributed by atoms with Crippen LogP contribution in [0.15, 0.2) is 54.6 Å². The van der Waals surface area contributed by atoms with Gasteiger partial charge in [-0.25, -0.2) is 4.39 Å². The number of nitrogens with zero attached hydrogens (tertiary/aromatic N) is 2. The van der Waals surface area contributed by atoms with Crippen LogP contribution in [0.25, 0.3) is 0 Å². The number of carbonyl (C=O) groups is 2. The molecule has 0 saturated carbocycles. The van der Waals surface area contributed by atoms with Crippen molar-refractivity contribution < 1.29 is 18.7 Å². The lowest BCUT2D eigenvalue weighted by Crippen LogP contribution is -2.62. The molecule has 1 spiro atoms. The van der Waals surface area contributed by atoms with Crippen LogP contribution in [-0.4, -0.2) is 48.6 Å². The number of rotatable bonds is 4. The van der Waals surface area contributed by atoms with Gasteiger partial charge in [0.25, 0.3) is 5.91 Å². The molecule has 0 bridgehead atoms. The van der Waals surface area contributed by atoms with Crippen molar-refractivity contribution >= 4 is 17.5 Å². The molecule has 0 N–H and O–H groups in total. The Morgan fingerprint density at radius 3 is 2.72 bits per heavy atom. The summed E-state index contributed by atoms with van der Waals surface area (Å²) in [7, 11) is 0. The van der Waals surface area contributed by atoms with Crippen molar-refractivity contribution in [3.63, 3.8) is 0 Å². The molecule has 1 unspecified atom stereocenters. The first-order valence-corrected chi connectivity index (χ1v) is 10.1. The molecule has 152 valence electrons. The van der Waals surface area contributed by atoms with Crippen LogP contribution in [-0.2, 0) is 20.7 Å². The summed E-state index contributed by atoms with van der Waals surface area (Å²) in [4.78, 5) is 28.6. The van der Waals surface area contributed by atoms with E-state index in [4.69, 9.17) is 4.74 Å². The molecule has 6 heteroatoms. The van der Waals surface area contributed by atoms with E-state index in [2.05, 4.69) is 0 Å². The first-order chi connectivity index (χ1) is 14.0. The standard InChI is InChI=1S/C23H25FN2O3/c24-19-8-4-9-20(14-19)26-17-23(29-15-22(26)28)12-5-13-25(16-23)21(27)11-10-18-6-2-1-3-7-18/h1-4,6-9,14H,5,10-13,15-17H2. The van der Waals surface area contributed by atoms with Gasteiger partial charge >= 0.3 is 0 Å². The summed E-state index contributed by atoms with van der Waals surface area (Å²) >= 11 is 0. The number of hydrogen-bond acceptors (Lipinski definition) is 3. The monoisotopic (exact) mass is 396 g/mol. The Bertz CT molecular complexity index is 889. The van der Waals surface area contributed by atoms with Crippen LogP contribution >= 0.6 is 0 Å². The van der Waals surface area contributed by atoms with Crippen molar-refractivity contribution in [3.05, 3.63) is 66.0 Å². The third kappa shape index (κ3) is 4.48. The summed E-state index contributed by atoms with van der Waals surface area (Å²) in [6.45, 7) is 1.44. The molecule has 2 fully saturated rings. The maximum absolute atomic E-state index is 13.7. The van der Waals surface area contributed by atoms with Crippen LogP contribution in [0.2, 0.25) is 0 Å². The normalized spacial score (nSPS) is 22.2. The van der Waals surface area contributed by atoms with E-state index in [1.807, 2.05) is 35.2 Å². The minimum absolute atomic E-state index is 0.0530. The number of aryl methyl sites for hydroxylation is 1. The number of likely N-dealkylation sites (tertiary alicyclic amines) is 1. The smallest absolute Gasteiger partial charge is 0.253 e. The second kappa shape index (κ2) is 8.33. The van der Waals surface area contributed by atoms with Gasteiger partial charge in [-0.15, -0.1) is 0 Å². The molecule has 2 saturated heterocycles. The zero-order valence-electron chi connectivity index (χ0n) is 16.4. The van der Waals surface area contributed by atoms with E-state index in [9.17, 15) is 14.0 Å². The number of halogens is 1. The summed E-state index contributed by atoms with van der Waals surface area (Å²) in [5.41, 5.74) is 1.08. The second-order valence-corrected chi connectivity index (χ2v) is 7.84. The molecule has 5 nitrogen and oxygen atoms in total. The number of hydrogen-bond donors (Lipinski definition) is 0. The van der Waals surface area contributed by atoms with Crippen LogP contribution in [0, 0.1) is 5.82 Å². The lowest BCUT2D eigenvalue weighted by molar-refractivity contribution is -0.153. The molecule has 4 rings (SSSR count). The van der Waals surface area contributed by atoms with E-state index in [0.29, 0.717) is 38.2 Å². The lowest BCUT2D eigenvalue weighted by Gasteiger charge is -2.47. The van der Waals surface area contributed by atoms with Gasteiger partial charge < -0.3 is 14.5 Å². The quantitative estimate of drug-likeness (QED) is 0.798. The number of benzene rings is 2. The van der Waals surface area contributed by atoms with Crippen molar-refractivity contribution in [1.29, 1.82) is 0 Å². The summed E-state index contributed by atoms with van der Waals surface area (Å²) < 4.78 is 19.6. The van der Waals surface area contributed by atoms with Gasteiger partial charge in [0.2, 0.25) is 5.91 Å². The third-order valence-corrected chi connectivity index (χ3v) is 5.73. The fourth-order valence-electron chi connectivity index (χ4n) is 4.21. The molecule has 2 amide bonds. The number of morpholine rings is 1. The Balaban J connectivity index is 1.43. The summed E-state index contributed by atoms with van der Waals surface area (Å²) in [5, 5.41) is 0. The molecule has 1 atom stereocenters. The van der Waals surface area contributed by atoms with Crippen molar-refractivity contribution in [3.8, 4) is 0 Å². The molecule has 2 aliphatic heterocycles. The van der Waals surface area contributed by atoms with Crippen molar-refractivity contribution in [1.82, 2.24) is 4.90 Å². The first kappa shape index (κ1) is 19.6. The minimum atomic E-state index is -0.596. The highest BCUT2D eigenvalue weighted by Gasteiger charge is 2.44. The summed E-state index contributed by atoms with van der Waals surface area (Å²) in [6.07, 6.45) is 2.75. The average Bonchev–Trinajstić information content (AvgIpc) is 2.75. The molecule has 0 aromatic heterocycles. The van der Waals surface area contributed by atoms with Gasteiger partial charge in [0.1, 0.15) is 18.0 Å². The molecular weight excluding hydrogens is 371 g/mol. The summed E-state index contributed by atoms with van der Waals surface area (Å²) in [6, 6.07) is 16.0. The van der Waals surface area contributed by atoms with E-state index >= 15 is 0 Å². The van der Waals surface area contributed by atoms with Crippen molar-refractivity contribution in [2.75, 3.05) is 31.1 Å². The Hall–Kier alpha value is -2.73. The van der Waals surface area contributed by atoms with Gasteiger partial charge in [0.05, 0.1) is 13.1 Å². The van der Waals surface area contributed by atoms with E-state index in [1.54, 1.807) is 17.0 Å². The van der Waals surface area contributed by atoms with E-state index in [-0.39, 0.29) is 24.2 Å². The molecule has 2 aromatic carbocycles. The van der Waals surface area contributed by atoms with Gasteiger partial charge in [-0.05, 0) is 43.0 Å². The fourth-order valence-corrected chi connectivity index (χ4v) is 4.21. The maximum Gasteiger partial charge on any atom is 0.253 e. The van der Waals surface area contributed by atoms with Crippen LogP contribution in [0.5, 0.6) is 0 Å². The second-order valence-electron chi connectivity index (χ2n) is 7.84. The van der Waals surface area contributed by atoms with Gasteiger partial charge in [-0.2, -0.15) is 0 Å². The topological polar surface area (TPSA) is 49.9 Å². The van der Waals surface area contributed by atoms with Gasteiger partial charge in [0.15, 0.2) is 0 Å². The van der Waals surface area contributed by atoms with Crippen LogP contribution in [0.3, 0.4) is 0 Å². The van der Waals surface area contributed by atoms with Crippen molar-refractivity contribution in [2.45, 2.75) is 31.3 Å². The number of amides is 2. The largest absolute Gasteiger partial charge is 0.361 e. The van der Waals surface area contributed by atoms with Gasteiger partial charge in [0, 0.05) is 18.7 Å².